The van der Waals surface area contributed by atoms with E-state index < -0.39 is 0 Å². The number of ether oxygens (including phenoxy) is 1. The molecule has 2 aliphatic rings. The van der Waals surface area contributed by atoms with E-state index in [4.69, 9.17) is 9.84 Å². The second-order valence-corrected chi connectivity index (χ2v) is 7.90. The van der Waals surface area contributed by atoms with E-state index >= 15 is 0 Å². The first-order valence-electron chi connectivity index (χ1n) is 10.7. The summed E-state index contributed by atoms with van der Waals surface area (Å²) < 4.78 is 7.44. The molecule has 4 rings (SSSR count). The smallest absolute Gasteiger partial charge is 0.321 e. The minimum Gasteiger partial charge on any atom is -0.492 e. The predicted molar refractivity (Wildman–Crippen MR) is 114 cm³/mol. The molecule has 30 heavy (non-hydrogen) atoms. The molecule has 0 radical (unpaired) electrons. The van der Waals surface area contributed by atoms with Crippen molar-refractivity contribution < 1.29 is 14.3 Å². The number of hydrogen-bond acceptors (Lipinski definition) is 4. The number of amides is 3. The van der Waals surface area contributed by atoms with Gasteiger partial charge < -0.3 is 19.9 Å². The summed E-state index contributed by atoms with van der Waals surface area (Å²) in [7, 11) is 1.83. The van der Waals surface area contributed by atoms with Crippen LogP contribution in [0.4, 0.5) is 10.5 Å². The SMILES string of the molecule is CCOc1ccccc1NC(=O)N1CCCC(c2cc3n(n2)CCCN(C)C3=O)C1. The number of fused-ring (bicyclic) bond motifs is 1. The van der Waals surface area contributed by atoms with Gasteiger partial charge in [0, 0.05) is 39.1 Å². The van der Waals surface area contributed by atoms with Crippen molar-refractivity contribution in [2.75, 3.05) is 38.6 Å². The van der Waals surface area contributed by atoms with E-state index in [0.717, 1.165) is 38.0 Å². The van der Waals surface area contributed by atoms with Crippen LogP contribution in [0.1, 0.15) is 48.3 Å². The second-order valence-electron chi connectivity index (χ2n) is 7.90. The predicted octanol–water partition coefficient (Wildman–Crippen LogP) is 3.17. The number of piperidine rings is 1. The van der Waals surface area contributed by atoms with E-state index in [-0.39, 0.29) is 17.9 Å². The molecular formula is C22H29N5O3. The van der Waals surface area contributed by atoms with Crippen molar-refractivity contribution in [3.8, 4) is 5.75 Å². The molecule has 1 unspecified atom stereocenters. The Bertz CT molecular complexity index is 925. The van der Waals surface area contributed by atoms with Gasteiger partial charge in [0.05, 0.1) is 18.0 Å². The molecule has 1 saturated heterocycles. The highest BCUT2D eigenvalue weighted by atomic mass is 16.5. The van der Waals surface area contributed by atoms with Crippen molar-refractivity contribution in [1.29, 1.82) is 0 Å². The number of para-hydroxylation sites is 2. The quantitative estimate of drug-likeness (QED) is 0.838. The Morgan fingerprint density at radius 2 is 2.07 bits per heavy atom. The summed E-state index contributed by atoms with van der Waals surface area (Å²) in [6.45, 7) is 5.24. The normalized spacial score (nSPS) is 19.3. The zero-order chi connectivity index (χ0) is 21.1. The average Bonchev–Trinajstić information content (AvgIpc) is 3.13. The van der Waals surface area contributed by atoms with Gasteiger partial charge in [0.25, 0.3) is 5.91 Å². The zero-order valence-electron chi connectivity index (χ0n) is 17.6. The average molecular weight is 412 g/mol. The number of rotatable bonds is 4. The summed E-state index contributed by atoms with van der Waals surface area (Å²) in [6.07, 6.45) is 2.76. The third kappa shape index (κ3) is 4.13. The van der Waals surface area contributed by atoms with Crippen LogP contribution in [0.25, 0.3) is 0 Å². The van der Waals surface area contributed by atoms with Crippen LogP contribution in [0.3, 0.4) is 0 Å². The molecule has 8 heteroatoms. The van der Waals surface area contributed by atoms with Gasteiger partial charge in [-0.05, 0) is 44.4 Å². The molecule has 0 spiro atoms. The van der Waals surface area contributed by atoms with E-state index in [1.807, 2.05) is 53.9 Å². The van der Waals surface area contributed by atoms with E-state index in [2.05, 4.69) is 5.32 Å². The van der Waals surface area contributed by atoms with Crippen LogP contribution in [-0.2, 0) is 6.54 Å². The molecule has 0 aliphatic carbocycles. The molecule has 3 heterocycles. The van der Waals surface area contributed by atoms with Crippen molar-refractivity contribution in [3.05, 3.63) is 41.7 Å². The van der Waals surface area contributed by atoms with Gasteiger partial charge in [-0.2, -0.15) is 5.10 Å². The fourth-order valence-electron chi connectivity index (χ4n) is 4.18. The highest BCUT2D eigenvalue weighted by molar-refractivity contribution is 5.93. The van der Waals surface area contributed by atoms with Crippen LogP contribution in [0.15, 0.2) is 30.3 Å². The van der Waals surface area contributed by atoms with Gasteiger partial charge in [-0.3, -0.25) is 9.48 Å². The number of urea groups is 1. The summed E-state index contributed by atoms with van der Waals surface area (Å²) in [4.78, 5) is 29.1. The Labute approximate surface area is 176 Å². The van der Waals surface area contributed by atoms with E-state index in [1.165, 1.54) is 0 Å². The number of hydrogen-bond donors (Lipinski definition) is 1. The van der Waals surface area contributed by atoms with Gasteiger partial charge in [0.1, 0.15) is 11.4 Å². The fourth-order valence-corrected chi connectivity index (χ4v) is 4.18. The Balaban J connectivity index is 1.46. The topological polar surface area (TPSA) is 79.7 Å². The van der Waals surface area contributed by atoms with Crippen molar-refractivity contribution in [1.82, 2.24) is 19.6 Å². The highest BCUT2D eigenvalue weighted by Gasteiger charge is 2.29. The molecule has 0 bridgehead atoms. The Hall–Kier alpha value is -3.03. The number of nitrogens with zero attached hydrogens (tertiary/aromatic N) is 4. The minimum absolute atomic E-state index is 0.0178. The monoisotopic (exact) mass is 411 g/mol. The molecule has 8 nitrogen and oxygen atoms in total. The fraction of sp³-hybridized carbons (Fsp3) is 0.500. The third-order valence-electron chi connectivity index (χ3n) is 5.78. The molecule has 1 N–H and O–H groups in total. The van der Waals surface area contributed by atoms with E-state index in [9.17, 15) is 9.59 Å². The van der Waals surface area contributed by atoms with Gasteiger partial charge >= 0.3 is 6.03 Å². The number of anilines is 1. The Morgan fingerprint density at radius 1 is 1.23 bits per heavy atom. The number of likely N-dealkylation sites (tertiary alicyclic amines) is 1. The number of aryl methyl sites for hydroxylation is 1. The maximum atomic E-state index is 12.9. The zero-order valence-corrected chi connectivity index (χ0v) is 17.6. The van der Waals surface area contributed by atoms with E-state index in [0.29, 0.717) is 36.8 Å². The molecule has 1 aromatic heterocycles. The first kappa shape index (κ1) is 20.3. The van der Waals surface area contributed by atoms with Crippen LogP contribution in [-0.4, -0.2) is 64.8 Å². The van der Waals surface area contributed by atoms with Gasteiger partial charge in [-0.25, -0.2) is 4.79 Å². The molecule has 2 aliphatic heterocycles. The molecule has 2 aromatic rings. The number of aromatic nitrogens is 2. The van der Waals surface area contributed by atoms with Crippen LogP contribution in [0, 0.1) is 0 Å². The van der Waals surface area contributed by atoms with Crippen molar-refractivity contribution in [2.24, 2.45) is 0 Å². The molecule has 1 atom stereocenters. The van der Waals surface area contributed by atoms with Gasteiger partial charge in [-0.1, -0.05) is 12.1 Å². The molecule has 0 saturated carbocycles. The Kier molecular flexibility index (Phi) is 5.92. The summed E-state index contributed by atoms with van der Waals surface area (Å²) in [5, 5.41) is 7.71. The molecule has 160 valence electrons. The largest absolute Gasteiger partial charge is 0.492 e. The number of benzene rings is 1. The van der Waals surface area contributed by atoms with E-state index in [1.54, 1.807) is 4.90 Å². The summed E-state index contributed by atoms with van der Waals surface area (Å²) >= 11 is 0. The summed E-state index contributed by atoms with van der Waals surface area (Å²) in [6, 6.07) is 9.25. The van der Waals surface area contributed by atoms with Crippen LogP contribution < -0.4 is 10.1 Å². The lowest BCUT2D eigenvalue weighted by Crippen LogP contribution is -2.41. The van der Waals surface area contributed by atoms with Crippen LogP contribution >= 0.6 is 0 Å². The van der Waals surface area contributed by atoms with Gasteiger partial charge in [-0.15, -0.1) is 0 Å². The number of carbonyl (C=O) groups excluding carboxylic acids is 2. The van der Waals surface area contributed by atoms with Crippen LogP contribution in [0.5, 0.6) is 5.75 Å². The second kappa shape index (κ2) is 8.77. The highest BCUT2D eigenvalue weighted by Crippen LogP contribution is 2.29. The standard InChI is InChI=1S/C22H29N5O3/c1-3-30-20-10-5-4-9-17(20)23-22(29)26-12-6-8-16(15-26)18-14-19-21(28)25(2)11-7-13-27(19)24-18/h4-5,9-10,14,16H,3,6-8,11-13,15H2,1-2H3,(H,23,29). The molecular weight excluding hydrogens is 382 g/mol. The summed E-state index contributed by atoms with van der Waals surface area (Å²) in [5.74, 6) is 0.816. The minimum atomic E-state index is -0.136. The first-order valence-corrected chi connectivity index (χ1v) is 10.7. The first-order chi connectivity index (χ1) is 14.6. The maximum absolute atomic E-state index is 12.9. The van der Waals surface area contributed by atoms with Crippen molar-refractivity contribution in [2.45, 2.75) is 38.6 Å². The molecule has 1 fully saturated rings. The lowest BCUT2D eigenvalue weighted by Gasteiger charge is -2.32. The van der Waals surface area contributed by atoms with Crippen LogP contribution in [0.2, 0.25) is 0 Å². The van der Waals surface area contributed by atoms with Crippen molar-refractivity contribution >= 4 is 17.6 Å². The van der Waals surface area contributed by atoms with Crippen molar-refractivity contribution in [3.63, 3.8) is 0 Å². The molecule has 3 amide bonds. The lowest BCUT2D eigenvalue weighted by atomic mass is 9.95. The summed E-state index contributed by atoms with van der Waals surface area (Å²) in [5.41, 5.74) is 2.23. The Morgan fingerprint density at radius 3 is 2.90 bits per heavy atom. The van der Waals surface area contributed by atoms with Gasteiger partial charge in [0.2, 0.25) is 0 Å². The van der Waals surface area contributed by atoms with Gasteiger partial charge in [0.15, 0.2) is 0 Å². The molecule has 1 aromatic carbocycles. The number of carbonyl (C=O) groups is 2. The number of nitrogens with one attached hydrogen (secondary N) is 1. The third-order valence-corrected chi connectivity index (χ3v) is 5.78. The maximum Gasteiger partial charge on any atom is 0.321 e. The lowest BCUT2D eigenvalue weighted by molar-refractivity contribution is 0.0796.